The summed E-state index contributed by atoms with van der Waals surface area (Å²) in [6.45, 7) is -0.283. The van der Waals surface area contributed by atoms with Crippen molar-refractivity contribution in [3.63, 3.8) is 0 Å². The number of hydrazone groups is 1. The molecule has 0 atom stereocenters. The fourth-order valence-electron chi connectivity index (χ4n) is 2.43. The molecule has 0 aromatic heterocycles. The Bertz CT molecular complexity index is 1080. The largest absolute Gasteiger partial charge is 0.507 e. The third-order valence-corrected chi connectivity index (χ3v) is 4.62. The Morgan fingerprint density at radius 3 is 2.82 bits per heavy atom. The fraction of sp³-hybridized carbons (Fsp3) is 0.0526. The smallest absolute Gasteiger partial charge is 0.277 e. The van der Waals surface area contributed by atoms with Crippen LogP contribution in [-0.2, 0) is 4.79 Å². The second-order valence-electron chi connectivity index (χ2n) is 5.68. The number of benzene rings is 3. The third kappa shape index (κ3) is 4.44. The van der Waals surface area contributed by atoms with Crippen LogP contribution in [0.15, 0.2) is 64.2 Å². The minimum absolute atomic E-state index is 0.104. The molecule has 0 radical (unpaired) electrons. The maximum absolute atomic E-state index is 11.9. The molecule has 2 N–H and O–H groups in total. The van der Waals surface area contributed by atoms with Gasteiger partial charge in [0, 0.05) is 17.7 Å². The number of nitro groups is 1. The zero-order chi connectivity index (χ0) is 20.1. The van der Waals surface area contributed by atoms with Crippen molar-refractivity contribution in [3.8, 4) is 11.5 Å². The van der Waals surface area contributed by atoms with Crippen molar-refractivity contribution in [2.75, 3.05) is 6.61 Å². The number of halogens is 1. The minimum Gasteiger partial charge on any atom is -0.507 e. The standard InChI is InChI=1S/C19H14BrN3O5/c20-19-15-4-2-1-3-12(15)5-8-17(19)28-11-18(25)22-21-10-13-9-14(23(26)27)6-7-16(13)24/h1-10,24H,11H2,(H,22,25). The molecule has 0 aliphatic carbocycles. The molecule has 0 bridgehead atoms. The van der Waals surface area contributed by atoms with Crippen LogP contribution in [-0.4, -0.2) is 28.8 Å². The van der Waals surface area contributed by atoms with E-state index >= 15 is 0 Å². The van der Waals surface area contributed by atoms with Gasteiger partial charge in [0.25, 0.3) is 11.6 Å². The number of hydrogen-bond acceptors (Lipinski definition) is 6. The number of ether oxygens (including phenoxy) is 1. The van der Waals surface area contributed by atoms with Gasteiger partial charge in [0.15, 0.2) is 6.61 Å². The van der Waals surface area contributed by atoms with Gasteiger partial charge < -0.3 is 9.84 Å². The van der Waals surface area contributed by atoms with E-state index in [-0.39, 0.29) is 23.6 Å². The van der Waals surface area contributed by atoms with E-state index in [4.69, 9.17) is 4.74 Å². The summed E-state index contributed by atoms with van der Waals surface area (Å²) in [6.07, 6.45) is 1.12. The van der Waals surface area contributed by atoms with E-state index in [9.17, 15) is 20.0 Å². The molecule has 3 rings (SSSR count). The van der Waals surface area contributed by atoms with E-state index in [1.165, 1.54) is 12.1 Å². The van der Waals surface area contributed by atoms with Crippen molar-refractivity contribution in [1.29, 1.82) is 0 Å². The lowest BCUT2D eigenvalue weighted by Gasteiger charge is -2.09. The summed E-state index contributed by atoms with van der Waals surface area (Å²) < 4.78 is 6.25. The molecular formula is C19H14BrN3O5. The molecule has 1 amide bonds. The Hall–Kier alpha value is -3.46. The van der Waals surface area contributed by atoms with E-state index in [0.717, 1.165) is 27.5 Å². The fourth-order valence-corrected chi connectivity index (χ4v) is 3.04. The third-order valence-electron chi connectivity index (χ3n) is 3.80. The van der Waals surface area contributed by atoms with Gasteiger partial charge in [-0.3, -0.25) is 14.9 Å². The highest BCUT2D eigenvalue weighted by Crippen LogP contribution is 2.32. The number of non-ortho nitro benzene ring substituents is 1. The normalized spacial score (nSPS) is 10.9. The Morgan fingerprint density at radius 2 is 2.04 bits per heavy atom. The summed E-state index contributed by atoms with van der Waals surface area (Å²) in [7, 11) is 0. The number of carbonyl (C=O) groups excluding carboxylic acids is 1. The number of hydrogen-bond donors (Lipinski definition) is 2. The van der Waals surface area contributed by atoms with E-state index in [1.807, 2.05) is 30.3 Å². The molecule has 0 saturated carbocycles. The number of carbonyl (C=O) groups is 1. The lowest BCUT2D eigenvalue weighted by atomic mass is 10.1. The molecule has 0 fully saturated rings. The number of phenols is 1. The van der Waals surface area contributed by atoms with Gasteiger partial charge in [0.1, 0.15) is 11.5 Å². The van der Waals surface area contributed by atoms with Crippen molar-refractivity contribution < 1.29 is 19.6 Å². The molecule has 9 heteroatoms. The first kappa shape index (κ1) is 19.3. The highest BCUT2D eigenvalue weighted by Gasteiger charge is 2.10. The Labute approximate surface area is 167 Å². The van der Waals surface area contributed by atoms with Crippen LogP contribution in [0.25, 0.3) is 10.8 Å². The van der Waals surface area contributed by atoms with Gasteiger partial charge in [0.2, 0.25) is 0 Å². The number of amides is 1. The average molecular weight is 444 g/mol. The van der Waals surface area contributed by atoms with Gasteiger partial charge in [-0.15, -0.1) is 0 Å². The molecule has 0 aliphatic rings. The average Bonchev–Trinajstić information content (AvgIpc) is 2.69. The molecule has 0 unspecified atom stereocenters. The number of fused-ring (bicyclic) bond motifs is 1. The van der Waals surface area contributed by atoms with Crippen LogP contribution in [0.4, 0.5) is 5.69 Å². The number of nitrogens with one attached hydrogen (secondary N) is 1. The van der Waals surface area contributed by atoms with Crippen LogP contribution in [0.5, 0.6) is 11.5 Å². The Balaban J connectivity index is 1.61. The highest BCUT2D eigenvalue weighted by molar-refractivity contribution is 9.10. The summed E-state index contributed by atoms with van der Waals surface area (Å²) in [5.41, 5.74) is 2.15. The second kappa shape index (κ2) is 8.49. The van der Waals surface area contributed by atoms with Crippen LogP contribution in [0.3, 0.4) is 0 Å². The van der Waals surface area contributed by atoms with Crippen LogP contribution >= 0.6 is 15.9 Å². The summed E-state index contributed by atoms with van der Waals surface area (Å²) in [5, 5.41) is 26.1. The molecule has 0 saturated heterocycles. The van der Waals surface area contributed by atoms with Gasteiger partial charge in [-0.2, -0.15) is 5.10 Å². The van der Waals surface area contributed by atoms with Gasteiger partial charge in [-0.25, -0.2) is 5.43 Å². The summed E-state index contributed by atoms with van der Waals surface area (Å²) in [4.78, 5) is 22.1. The molecule has 0 spiro atoms. The SMILES string of the molecule is O=C(COc1ccc2ccccc2c1Br)NN=Cc1cc([N+](=O)[O-])ccc1O. The maximum Gasteiger partial charge on any atom is 0.277 e. The maximum atomic E-state index is 11.9. The van der Waals surface area contributed by atoms with Crippen LogP contribution in [0.2, 0.25) is 0 Å². The van der Waals surface area contributed by atoms with Crippen molar-refractivity contribution in [3.05, 3.63) is 74.7 Å². The number of rotatable bonds is 6. The second-order valence-corrected chi connectivity index (χ2v) is 6.47. The van der Waals surface area contributed by atoms with E-state index in [0.29, 0.717) is 5.75 Å². The van der Waals surface area contributed by atoms with Crippen molar-refractivity contribution >= 4 is 44.5 Å². The lowest BCUT2D eigenvalue weighted by Crippen LogP contribution is -2.24. The quantitative estimate of drug-likeness (QED) is 0.342. The number of phenolic OH excluding ortho intramolecular Hbond substituents is 1. The molecule has 3 aromatic rings. The summed E-state index contributed by atoms with van der Waals surface area (Å²) in [6, 6.07) is 14.9. The predicted octanol–water partition coefficient (Wildman–Crippen LogP) is 3.75. The van der Waals surface area contributed by atoms with Crippen molar-refractivity contribution in [1.82, 2.24) is 5.43 Å². The molecule has 3 aromatic carbocycles. The Kier molecular flexibility index (Phi) is 5.85. The number of nitro benzene ring substituents is 1. The first-order valence-electron chi connectivity index (χ1n) is 8.05. The number of nitrogens with zero attached hydrogens (tertiary/aromatic N) is 2. The zero-order valence-electron chi connectivity index (χ0n) is 14.3. The van der Waals surface area contributed by atoms with Crippen molar-refractivity contribution in [2.24, 2.45) is 5.10 Å². The molecular weight excluding hydrogens is 430 g/mol. The molecule has 8 nitrogen and oxygen atoms in total. The van der Waals surface area contributed by atoms with E-state index in [1.54, 1.807) is 6.07 Å². The van der Waals surface area contributed by atoms with E-state index in [2.05, 4.69) is 26.5 Å². The topological polar surface area (TPSA) is 114 Å². The van der Waals surface area contributed by atoms with E-state index < -0.39 is 10.8 Å². The minimum atomic E-state index is -0.593. The molecule has 0 heterocycles. The van der Waals surface area contributed by atoms with Gasteiger partial charge in [-0.05, 0) is 38.8 Å². The molecule has 28 heavy (non-hydrogen) atoms. The predicted molar refractivity (Wildman–Crippen MR) is 108 cm³/mol. The zero-order valence-corrected chi connectivity index (χ0v) is 15.9. The van der Waals surface area contributed by atoms with Gasteiger partial charge in [0.05, 0.1) is 15.6 Å². The summed E-state index contributed by atoms with van der Waals surface area (Å²) in [5.74, 6) is -0.213. The molecule has 142 valence electrons. The monoisotopic (exact) mass is 443 g/mol. The van der Waals surface area contributed by atoms with Crippen LogP contribution in [0, 0.1) is 10.1 Å². The first-order valence-corrected chi connectivity index (χ1v) is 8.84. The molecule has 0 aliphatic heterocycles. The lowest BCUT2D eigenvalue weighted by molar-refractivity contribution is -0.384. The van der Waals surface area contributed by atoms with Gasteiger partial charge >= 0.3 is 0 Å². The number of aromatic hydroxyl groups is 1. The first-order chi connectivity index (χ1) is 13.5. The Morgan fingerprint density at radius 1 is 1.25 bits per heavy atom. The highest BCUT2D eigenvalue weighted by atomic mass is 79.9. The van der Waals surface area contributed by atoms with Gasteiger partial charge in [-0.1, -0.05) is 30.3 Å². The summed E-state index contributed by atoms with van der Waals surface area (Å²) >= 11 is 3.47. The van der Waals surface area contributed by atoms with Crippen LogP contribution < -0.4 is 10.2 Å². The van der Waals surface area contributed by atoms with Crippen molar-refractivity contribution in [2.45, 2.75) is 0 Å². The van der Waals surface area contributed by atoms with Crippen LogP contribution in [0.1, 0.15) is 5.56 Å².